The molecule has 0 aliphatic heterocycles. The van der Waals surface area contributed by atoms with Crippen molar-refractivity contribution in [1.82, 2.24) is 10.2 Å². The van der Waals surface area contributed by atoms with Crippen LogP contribution in [-0.2, 0) is 0 Å². The largest absolute Gasteiger partial charge is 0.312 e. The monoisotopic (exact) mass is 248 g/mol. The summed E-state index contributed by atoms with van der Waals surface area (Å²) in [6.07, 6.45) is 2.51. The molecule has 0 heterocycles. The summed E-state index contributed by atoms with van der Waals surface area (Å²) in [5.41, 5.74) is 2.69. The molecular weight excluding hydrogens is 220 g/mol. The fourth-order valence-corrected chi connectivity index (χ4v) is 2.27. The van der Waals surface area contributed by atoms with E-state index in [1.807, 2.05) is 7.05 Å². The van der Waals surface area contributed by atoms with E-state index in [0.717, 1.165) is 6.54 Å². The molecule has 2 heteroatoms. The first-order valence-corrected chi connectivity index (χ1v) is 7.02. The lowest BCUT2D eigenvalue weighted by molar-refractivity contribution is 0.222. The van der Waals surface area contributed by atoms with Crippen molar-refractivity contribution in [1.29, 1.82) is 0 Å². The smallest absolute Gasteiger partial charge is 0.0446 e. The third-order valence-corrected chi connectivity index (χ3v) is 3.76. The molecule has 0 saturated carbocycles. The van der Waals surface area contributed by atoms with E-state index >= 15 is 0 Å². The number of benzene rings is 1. The lowest BCUT2D eigenvalue weighted by Crippen LogP contribution is -2.36. The van der Waals surface area contributed by atoms with E-state index in [0.29, 0.717) is 12.1 Å². The van der Waals surface area contributed by atoms with Gasteiger partial charge in [0.1, 0.15) is 0 Å². The van der Waals surface area contributed by atoms with Crippen molar-refractivity contribution in [2.75, 3.05) is 20.6 Å². The fourth-order valence-electron chi connectivity index (χ4n) is 2.27. The van der Waals surface area contributed by atoms with Crippen molar-refractivity contribution >= 4 is 0 Å². The van der Waals surface area contributed by atoms with Gasteiger partial charge in [0.2, 0.25) is 0 Å². The maximum Gasteiger partial charge on any atom is 0.0446 e. The standard InChI is InChI=1S/C16H28N2/c1-6-7-14(3)18(5)12-16(17-4)15-10-8-13(2)9-11-15/h8-11,14,16-17H,6-7,12H2,1-5H3. The quantitative estimate of drug-likeness (QED) is 0.796. The molecule has 102 valence electrons. The molecule has 2 atom stereocenters. The van der Waals surface area contributed by atoms with Crippen molar-refractivity contribution in [3.05, 3.63) is 35.4 Å². The molecule has 0 radical (unpaired) electrons. The summed E-state index contributed by atoms with van der Waals surface area (Å²) >= 11 is 0. The number of aryl methyl sites for hydroxylation is 1. The van der Waals surface area contributed by atoms with Crippen molar-refractivity contribution in [3.63, 3.8) is 0 Å². The van der Waals surface area contributed by atoms with Crippen LogP contribution < -0.4 is 5.32 Å². The van der Waals surface area contributed by atoms with Gasteiger partial charge in [-0.1, -0.05) is 43.2 Å². The average molecular weight is 248 g/mol. The van der Waals surface area contributed by atoms with Crippen LogP contribution in [0.4, 0.5) is 0 Å². The molecule has 2 unspecified atom stereocenters. The van der Waals surface area contributed by atoms with Gasteiger partial charge in [-0.2, -0.15) is 0 Å². The highest BCUT2D eigenvalue weighted by molar-refractivity contribution is 5.24. The second kappa shape index (κ2) is 7.55. The molecule has 0 spiro atoms. The van der Waals surface area contributed by atoms with Gasteiger partial charge in [-0.05, 0) is 39.9 Å². The van der Waals surface area contributed by atoms with Crippen molar-refractivity contribution in [2.24, 2.45) is 0 Å². The van der Waals surface area contributed by atoms with Gasteiger partial charge in [-0.3, -0.25) is 0 Å². The van der Waals surface area contributed by atoms with Gasteiger partial charge in [-0.15, -0.1) is 0 Å². The normalized spacial score (nSPS) is 14.8. The Kier molecular flexibility index (Phi) is 6.37. The van der Waals surface area contributed by atoms with Crippen LogP contribution in [0.1, 0.15) is 43.9 Å². The molecule has 2 nitrogen and oxygen atoms in total. The molecule has 1 aromatic rings. The number of nitrogens with zero attached hydrogens (tertiary/aromatic N) is 1. The molecule has 0 amide bonds. The molecule has 1 rings (SSSR count). The Morgan fingerprint density at radius 1 is 1.22 bits per heavy atom. The predicted molar refractivity (Wildman–Crippen MR) is 80.0 cm³/mol. The van der Waals surface area contributed by atoms with Crippen molar-refractivity contribution < 1.29 is 0 Å². The molecule has 18 heavy (non-hydrogen) atoms. The Hall–Kier alpha value is -0.860. The molecule has 0 fully saturated rings. The lowest BCUT2D eigenvalue weighted by atomic mass is 10.0. The Morgan fingerprint density at radius 2 is 1.83 bits per heavy atom. The average Bonchev–Trinajstić information content (AvgIpc) is 2.37. The van der Waals surface area contributed by atoms with Gasteiger partial charge in [0.15, 0.2) is 0 Å². The first kappa shape index (κ1) is 15.2. The van der Waals surface area contributed by atoms with Gasteiger partial charge in [-0.25, -0.2) is 0 Å². The van der Waals surface area contributed by atoms with Gasteiger partial charge in [0.25, 0.3) is 0 Å². The summed E-state index contributed by atoms with van der Waals surface area (Å²) < 4.78 is 0. The van der Waals surface area contributed by atoms with Crippen LogP contribution in [0.15, 0.2) is 24.3 Å². The van der Waals surface area contributed by atoms with Crippen molar-refractivity contribution in [2.45, 2.75) is 45.7 Å². The van der Waals surface area contributed by atoms with Crippen LogP contribution in [-0.4, -0.2) is 31.6 Å². The molecule has 0 aromatic heterocycles. The molecule has 0 aliphatic carbocycles. The number of hydrogen-bond donors (Lipinski definition) is 1. The number of likely N-dealkylation sites (N-methyl/N-ethyl adjacent to an activating group) is 2. The highest BCUT2D eigenvalue weighted by Crippen LogP contribution is 2.16. The third kappa shape index (κ3) is 4.43. The minimum absolute atomic E-state index is 0.412. The summed E-state index contributed by atoms with van der Waals surface area (Å²) in [6.45, 7) is 7.75. The van der Waals surface area contributed by atoms with E-state index < -0.39 is 0 Å². The minimum atomic E-state index is 0.412. The highest BCUT2D eigenvalue weighted by Gasteiger charge is 2.15. The summed E-state index contributed by atoms with van der Waals surface area (Å²) in [4.78, 5) is 2.45. The maximum absolute atomic E-state index is 3.42. The molecule has 0 saturated heterocycles. The first-order chi connectivity index (χ1) is 8.58. The molecular formula is C16H28N2. The SMILES string of the molecule is CCCC(C)N(C)CC(NC)c1ccc(C)cc1. The van der Waals surface area contributed by atoms with E-state index in [1.54, 1.807) is 0 Å². The van der Waals surface area contributed by atoms with Crippen LogP contribution in [0.3, 0.4) is 0 Å². The number of nitrogens with one attached hydrogen (secondary N) is 1. The van der Waals surface area contributed by atoms with E-state index in [1.165, 1.54) is 24.0 Å². The van der Waals surface area contributed by atoms with Gasteiger partial charge >= 0.3 is 0 Å². The minimum Gasteiger partial charge on any atom is -0.312 e. The summed E-state index contributed by atoms with van der Waals surface area (Å²) in [7, 11) is 4.27. The molecule has 0 bridgehead atoms. The first-order valence-electron chi connectivity index (χ1n) is 7.02. The van der Waals surface area contributed by atoms with Crippen molar-refractivity contribution in [3.8, 4) is 0 Å². The zero-order chi connectivity index (χ0) is 13.5. The molecule has 0 aliphatic rings. The second-order valence-corrected chi connectivity index (χ2v) is 5.33. The Morgan fingerprint density at radius 3 is 2.33 bits per heavy atom. The lowest BCUT2D eigenvalue weighted by Gasteiger charge is -2.29. The second-order valence-electron chi connectivity index (χ2n) is 5.33. The van der Waals surface area contributed by atoms with Gasteiger partial charge < -0.3 is 10.2 Å². The Bertz CT molecular complexity index is 331. The fraction of sp³-hybridized carbons (Fsp3) is 0.625. The summed E-state index contributed by atoms with van der Waals surface area (Å²) in [5.74, 6) is 0. The zero-order valence-corrected chi connectivity index (χ0v) is 12.5. The topological polar surface area (TPSA) is 15.3 Å². The zero-order valence-electron chi connectivity index (χ0n) is 12.5. The van der Waals surface area contributed by atoms with E-state index in [-0.39, 0.29) is 0 Å². The Balaban J connectivity index is 2.64. The molecule has 1 N–H and O–H groups in total. The van der Waals surface area contributed by atoms with Gasteiger partial charge in [0.05, 0.1) is 0 Å². The van der Waals surface area contributed by atoms with Crippen LogP contribution in [0, 0.1) is 6.92 Å². The van der Waals surface area contributed by atoms with Crippen LogP contribution in [0.5, 0.6) is 0 Å². The predicted octanol–water partition coefficient (Wildman–Crippen LogP) is 3.38. The number of rotatable bonds is 7. The van der Waals surface area contributed by atoms with Crippen LogP contribution in [0.25, 0.3) is 0 Å². The maximum atomic E-state index is 3.42. The summed E-state index contributed by atoms with van der Waals surface area (Å²) in [5, 5.41) is 3.42. The van der Waals surface area contributed by atoms with Crippen LogP contribution >= 0.6 is 0 Å². The van der Waals surface area contributed by atoms with E-state index in [2.05, 4.69) is 62.3 Å². The highest BCUT2D eigenvalue weighted by atomic mass is 15.1. The molecule has 1 aromatic carbocycles. The summed E-state index contributed by atoms with van der Waals surface area (Å²) in [6, 6.07) is 9.90. The van der Waals surface area contributed by atoms with E-state index in [9.17, 15) is 0 Å². The number of hydrogen-bond acceptors (Lipinski definition) is 2. The van der Waals surface area contributed by atoms with Gasteiger partial charge in [0, 0.05) is 18.6 Å². The van der Waals surface area contributed by atoms with Crippen LogP contribution in [0.2, 0.25) is 0 Å². The third-order valence-electron chi connectivity index (χ3n) is 3.76. The Labute approximate surface area is 112 Å². The van der Waals surface area contributed by atoms with E-state index in [4.69, 9.17) is 0 Å².